The standard InChI is InChI=1S/C20H23BrN4O2.HI/c1-22-20(23-11-14-9-17(21)19-18(10-14)26-13-27-19)24-15-7-8-25(12-15)16-5-3-2-4-6-16;/h2-6,9-10,15H,7-8,11-13H2,1H3,(H2,22,23,24);1H. The summed E-state index contributed by atoms with van der Waals surface area (Å²) >= 11 is 3.54. The summed E-state index contributed by atoms with van der Waals surface area (Å²) in [5.41, 5.74) is 2.38. The van der Waals surface area contributed by atoms with Gasteiger partial charge in [-0.1, -0.05) is 18.2 Å². The largest absolute Gasteiger partial charge is 0.454 e. The normalized spacial score (nSPS) is 18.0. The van der Waals surface area contributed by atoms with Crippen LogP contribution in [0.2, 0.25) is 0 Å². The fourth-order valence-corrected chi connectivity index (χ4v) is 4.05. The average Bonchev–Trinajstić information content (AvgIpc) is 3.35. The van der Waals surface area contributed by atoms with Crippen molar-refractivity contribution < 1.29 is 9.47 Å². The lowest BCUT2D eigenvalue weighted by Gasteiger charge is -2.20. The molecule has 2 aromatic rings. The van der Waals surface area contributed by atoms with Gasteiger partial charge in [-0.15, -0.1) is 24.0 Å². The van der Waals surface area contributed by atoms with E-state index in [0.29, 0.717) is 12.6 Å². The number of nitrogens with one attached hydrogen (secondary N) is 2. The molecule has 2 heterocycles. The van der Waals surface area contributed by atoms with Crippen LogP contribution in [0.5, 0.6) is 11.5 Å². The van der Waals surface area contributed by atoms with Gasteiger partial charge in [0.05, 0.1) is 4.47 Å². The van der Waals surface area contributed by atoms with E-state index in [-0.39, 0.29) is 30.8 Å². The van der Waals surface area contributed by atoms with Gasteiger partial charge in [-0.2, -0.15) is 0 Å². The monoisotopic (exact) mass is 558 g/mol. The molecule has 6 nitrogen and oxygen atoms in total. The second-order valence-corrected chi connectivity index (χ2v) is 7.50. The molecule has 1 unspecified atom stereocenters. The molecule has 1 saturated heterocycles. The summed E-state index contributed by atoms with van der Waals surface area (Å²) in [6, 6.07) is 15.0. The van der Waals surface area contributed by atoms with E-state index in [1.54, 1.807) is 7.05 Å². The van der Waals surface area contributed by atoms with Gasteiger partial charge < -0.3 is 25.0 Å². The van der Waals surface area contributed by atoms with Gasteiger partial charge in [0.15, 0.2) is 17.5 Å². The van der Waals surface area contributed by atoms with Crippen LogP contribution in [0.25, 0.3) is 0 Å². The van der Waals surface area contributed by atoms with Gasteiger partial charge in [-0.3, -0.25) is 4.99 Å². The van der Waals surface area contributed by atoms with Gasteiger partial charge in [-0.25, -0.2) is 0 Å². The molecule has 2 aromatic carbocycles. The molecule has 1 atom stereocenters. The minimum absolute atomic E-state index is 0. The Balaban J connectivity index is 0.00000225. The maximum atomic E-state index is 5.48. The van der Waals surface area contributed by atoms with E-state index in [2.05, 4.69) is 66.8 Å². The Morgan fingerprint density at radius 1 is 1.25 bits per heavy atom. The van der Waals surface area contributed by atoms with Gasteiger partial charge in [-0.05, 0) is 52.2 Å². The smallest absolute Gasteiger partial charge is 0.231 e. The Bertz CT molecular complexity index is 834. The first-order valence-electron chi connectivity index (χ1n) is 9.08. The van der Waals surface area contributed by atoms with Crippen LogP contribution >= 0.6 is 39.9 Å². The fourth-order valence-electron chi connectivity index (χ4n) is 3.45. The van der Waals surface area contributed by atoms with Crippen LogP contribution in [-0.2, 0) is 6.54 Å². The van der Waals surface area contributed by atoms with Crippen LogP contribution < -0.4 is 25.0 Å². The van der Waals surface area contributed by atoms with Crippen LogP contribution in [0.4, 0.5) is 5.69 Å². The molecule has 0 spiro atoms. The zero-order valence-electron chi connectivity index (χ0n) is 15.7. The molecule has 0 saturated carbocycles. The third-order valence-corrected chi connectivity index (χ3v) is 5.41. The van der Waals surface area contributed by atoms with Crippen molar-refractivity contribution in [2.24, 2.45) is 4.99 Å². The van der Waals surface area contributed by atoms with Crippen LogP contribution in [-0.4, -0.2) is 38.9 Å². The molecule has 2 aliphatic rings. The average molecular weight is 559 g/mol. The number of fused-ring (bicyclic) bond motifs is 1. The zero-order chi connectivity index (χ0) is 18.6. The van der Waals surface area contributed by atoms with Crippen molar-refractivity contribution in [1.82, 2.24) is 10.6 Å². The molecular weight excluding hydrogens is 535 g/mol. The molecule has 8 heteroatoms. The van der Waals surface area contributed by atoms with Crippen molar-refractivity contribution in [1.29, 1.82) is 0 Å². The van der Waals surface area contributed by atoms with E-state index in [0.717, 1.165) is 47.0 Å². The fraction of sp³-hybridized carbons (Fsp3) is 0.350. The molecule has 2 N–H and O–H groups in total. The number of guanidine groups is 1. The Morgan fingerprint density at radius 2 is 2.07 bits per heavy atom. The van der Waals surface area contributed by atoms with Crippen molar-refractivity contribution in [3.8, 4) is 11.5 Å². The molecule has 150 valence electrons. The Hall–Kier alpha value is -1.68. The zero-order valence-corrected chi connectivity index (χ0v) is 19.6. The van der Waals surface area contributed by atoms with Crippen LogP contribution in [0.15, 0.2) is 51.9 Å². The number of nitrogens with zero attached hydrogens (tertiary/aromatic N) is 2. The number of anilines is 1. The maximum Gasteiger partial charge on any atom is 0.231 e. The van der Waals surface area contributed by atoms with Crippen molar-refractivity contribution in [2.75, 3.05) is 31.8 Å². The van der Waals surface area contributed by atoms with Gasteiger partial charge in [0.1, 0.15) is 0 Å². The summed E-state index contributed by atoms with van der Waals surface area (Å²) in [6.45, 7) is 2.95. The molecule has 4 rings (SSSR count). The second-order valence-electron chi connectivity index (χ2n) is 6.65. The third kappa shape index (κ3) is 4.83. The quantitative estimate of drug-likeness (QED) is 0.340. The molecule has 1 fully saturated rings. The summed E-state index contributed by atoms with van der Waals surface area (Å²) in [6.07, 6.45) is 1.09. The Morgan fingerprint density at radius 3 is 2.86 bits per heavy atom. The first-order valence-corrected chi connectivity index (χ1v) is 9.87. The molecule has 0 aliphatic carbocycles. The summed E-state index contributed by atoms with van der Waals surface area (Å²) in [5.74, 6) is 2.36. The molecular formula is C20H24BrIN4O2. The van der Waals surface area contributed by atoms with Gasteiger partial charge in [0.25, 0.3) is 0 Å². The summed E-state index contributed by atoms with van der Waals surface area (Å²) in [4.78, 5) is 6.77. The lowest BCUT2D eigenvalue weighted by Crippen LogP contribution is -2.44. The highest BCUT2D eigenvalue weighted by Crippen LogP contribution is 2.39. The van der Waals surface area contributed by atoms with Crippen LogP contribution in [0, 0.1) is 0 Å². The van der Waals surface area contributed by atoms with E-state index in [1.165, 1.54) is 5.69 Å². The Labute approximate surface area is 190 Å². The Kier molecular flexibility index (Phi) is 7.28. The number of aliphatic imine (C=N–C) groups is 1. The summed E-state index contributed by atoms with van der Waals surface area (Å²) in [7, 11) is 1.80. The summed E-state index contributed by atoms with van der Waals surface area (Å²) < 4.78 is 11.8. The highest BCUT2D eigenvalue weighted by atomic mass is 127. The van der Waals surface area contributed by atoms with Crippen LogP contribution in [0.3, 0.4) is 0 Å². The van der Waals surface area contributed by atoms with Crippen molar-refractivity contribution in [2.45, 2.75) is 19.0 Å². The van der Waals surface area contributed by atoms with Gasteiger partial charge >= 0.3 is 0 Å². The molecule has 0 aromatic heterocycles. The van der Waals surface area contributed by atoms with Crippen molar-refractivity contribution in [3.05, 3.63) is 52.5 Å². The predicted molar refractivity (Wildman–Crippen MR) is 126 cm³/mol. The summed E-state index contributed by atoms with van der Waals surface area (Å²) in [5, 5.41) is 6.92. The number of ether oxygens (including phenoxy) is 2. The first kappa shape index (κ1) is 21.0. The maximum absolute atomic E-state index is 5.48. The van der Waals surface area contributed by atoms with E-state index in [9.17, 15) is 0 Å². The predicted octanol–water partition coefficient (Wildman–Crippen LogP) is 3.74. The highest BCUT2D eigenvalue weighted by molar-refractivity contribution is 14.0. The third-order valence-electron chi connectivity index (χ3n) is 4.82. The van der Waals surface area contributed by atoms with Crippen molar-refractivity contribution >= 4 is 51.6 Å². The molecule has 0 amide bonds. The van der Waals surface area contributed by atoms with Gasteiger partial charge in [0.2, 0.25) is 6.79 Å². The molecule has 0 radical (unpaired) electrons. The lowest BCUT2D eigenvalue weighted by molar-refractivity contribution is 0.173. The topological polar surface area (TPSA) is 58.1 Å². The van der Waals surface area contributed by atoms with Gasteiger partial charge in [0, 0.05) is 38.4 Å². The second kappa shape index (κ2) is 9.69. The molecule has 28 heavy (non-hydrogen) atoms. The molecule has 2 aliphatic heterocycles. The number of hydrogen-bond acceptors (Lipinski definition) is 4. The molecule has 0 bridgehead atoms. The highest BCUT2D eigenvalue weighted by Gasteiger charge is 2.23. The minimum Gasteiger partial charge on any atom is -0.454 e. The number of hydrogen-bond donors (Lipinski definition) is 2. The van der Waals surface area contributed by atoms with E-state index in [4.69, 9.17) is 9.47 Å². The van der Waals surface area contributed by atoms with Crippen LogP contribution in [0.1, 0.15) is 12.0 Å². The lowest BCUT2D eigenvalue weighted by atomic mass is 10.2. The minimum atomic E-state index is 0. The van der Waals surface area contributed by atoms with E-state index in [1.807, 2.05) is 12.1 Å². The SMILES string of the molecule is CN=C(NCc1cc(Br)c2c(c1)OCO2)NC1CCN(c2ccccc2)C1.I. The first-order chi connectivity index (χ1) is 13.2. The number of benzene rings is 2. The number of halogens is 2. The van der Waals surface area contributed by atoms with E-state index >= 15 is 0 Å². The van der Waals surface area contributed by atoms with E-state index < -0.39 is 0 Å². The number of rotatable bonds is 4. The van der Waals surface area contributed by atoms with Crippen molar-refractivity contribution in [3.63, 3.8) is 0 Å². The number of para-hydroxylation sites is 1.